The number of aromatic hydroxyl groups is 1. The van der Waals surface area contributed by atoms with Gasteiger partial charge in [-0.05, 0) is 19.9 Å². The summed E-state index contributed by atoms with van der Waals surface area (Å²) in [6, 6.07) is 5.55. The van der Waals surface area contributed by atoms with Gasteiger partial charge in [0.2, 0.25) is 0 Å². The Morgan fingerprint density at radius 2 is 2.05 bits per heavy atom. The minimum Gasteiger partial charge on any atom is -0.504 e. The molecule has 0 saturated carbocycles. The van der Waals surface area contributed by atoms with E-state index < -0.39 is 0 Å². The summed E-state index contributed by atoms with van der Waals surface area (Å²) < 4.78 is 7.22. The highest BCUT2D eigenvalue weighted by Crippen LogP contribution is 2.29. The minimum absolute atomic E-state index is 0.213. The number of benzene rings is 1. The second-order valence-corrected chi connectivity index (χ2v) is 4.68. The SMILES string of the molecule is CCOc1cccc(CNCc2cnn(C)c2C)c1O. The Kier molecular flexibility index (Phi) is 4.63. The van der Waals surface area contributed by atoms with Gasteiger partial charge in [0.1, 0.15) is 0 Å². The Labute approximate surface area is 119 Å². The molecule has 0 aliphatic heterocycles. The molecule has 5 nitrogen and oxygen atoms in total. The van der Waals surface area contributed by atoms with Crippen molar-refractivity contribution in [3.8, 4) is 11.5 Å². The van der Waals surface area contributed by atoms with Crippen LogP contribution in [0.2, 0.25) is 0 Å². The first-order valence-corrected chi connectivity index (χ1v) is 6.75. The number of phenols is 1. The largest absolute Gasteiger partial charge is 0.504 e. The van der Waals surface area contributed by atoms with E-state index in [9.17, 15) is 5.11 Å². The first-order chi connectivity index (χ1) is 9.63. The predicted octanol–water partition coefficient (Wildman–Crippen LogP) is 2.12. The Bertz CT molecular complexity index is 578. The second-order valence-electron chi connectivity index (χ2n) is 4.68. The zero-order valence-electron chi connectivity index (χ0n) is 12.2. The first kappa shape index (κ1) is 14.4. The molecule has 2 N–H and O–H groups in total. The molecule has 1 heterocycles. The van der Waals surface area contributed by atoms with Gasteiger partial charge in [0.15, 0.2) is 11.5 Å². The first-order valence-electron chi connectivity index (χ1n) is 6.75. The van der Waals surface area contributed by atoms with Crippen LogP contribution in [0.4, 0.5) is 0 Å². The van der Waals surface area contributed by atoms with Gasteiger partial charge in [0.05, 0.1) is 12.8 Å². The number of nitrogens with zero attached hydrogens (tertiary/aromatic N) is 2. The van der Waals surface area contributed by atoms with Crippen LogP contribution in [-0.4, -0.2) is 21.5 Å². The number of aryl methyl sites for hydroxylation is 1. The quantitative estimate of drug-likeness (QED) is 0.848. The van der Waals surface area contributed by atoms with Crippen LogP contribution >= 0.6 is 0 Å². The number of aromatic nitrogens is 2. The fourth-order valence-electron chi connectivity index (χ4n) is 2.03. The summed E-state index contributed by atoms with van der Waals surface area (Å²) in [6.45, 7) is 5.78. The topological polar surface area (TPSA) is 59.3 Å². The maximum atomic E-state index is 10.1. The molecule has 0 radical (unpaired) electrons. The fourth-order valence-corrected chi connectivity index (χ4v) is 2.03. The van der Waals surface area contributed by atoms with Crippen molar-refractivity contribution in [3.63, 3.8) is 0 Å². The molecule has 0 saturated heterocycles. The number of nitrogens with one attached hydrogen (secondary N) is 1. The lowest BCUT2D eigenvalue weighted by Gasteiger charge is -2.11. The summed E-state index contributed by atoms with van der Waals surface area (Å²) in [5.41, 5.74) is 3.13. The lowest BCUT2D eigenvalue weighted by atomic mass is 10.1. The van der Waals surface area contributed by atoms with Crippen molar-refractivity contribution in [2.45, 2.75) is 26.9 Å². The molecule has 0 unspecified atom stereocenters. The van der Waals surface area contributed by atoms with Crippen LogP contribution in [0.1, 0.15) is 23.7 Å². The molecule has 2 aromatic rings. The van der Waals surface area contributed by atoms with Crippen LogP contribution in [0.3, 0.4) is 0 Å². The van der Waals surface area contributed by atoms with Crippen molar-refractivity contribution >= 4 is 0 Å². The van der Waals surface area contributed by atoms with E-state index in [2.05, 4.69) is 10.4 Å². The third-order valence-electron chi connectivity index (χ3n) is 3.35. The molecule has 0 atom stereocenters. The average molecular weight is 275 g/mol. The van der Waals surface area contributed by atoms with Crippen LogP contribution in [-0.2, 0) is 20.1 Å². The Morgan fingerprint density at radius 1 is 1.30 bits per heavy atom. The van der Waals surface area contributed by atoms with Gasteiger partial charge in [-0.2, -0.15) is 5.10 Å². The summed E-state index contributed by atoms with van der Waals surface area (Å²) in [5.74, 6) is 0.745. The predicted molar refractivity (Wildman–Crippen MR) is 77.8 cm³/mol. The number of ether oxygens (including phenoxy) is 1. The molecule has 1 aromatic carbocycles. The number of rotatable bonds is 6. The molecular formula is C15H21N3O2. The third-order valence-corrected chi connectivity index (χ3v) is 3.35. The lowest BCUT2D eigenvalue weighted by molar-refractivity contribution is 0.316. The van der Waals surface area contributed by atoms with E-state index in [1.54, 1.807) is 6.07 Å². The maximum absolute atomic E-state index is 10.1. The Morgan fingerprint density at radius 3 is 2.70 bits per heavy atom. The molecule has 0 bridgehead atoms. The van der Waals surface area contributed by atoms with Crippen molar-refractivity contribution in [2.75, 3.05) is 6.61 Å². The van der Waals surface area contributed by atoms with Crippen molar-refractivity contribution in [1.29, 1.82) is 0 Å². The zero-order chi connectivity index (χ0) is 14.5. The van der Waals surface area contributed by atoms with Crippen LogP contribution in [0.5, 0.6) is 11.5 Å². The number of hydrogen-bond donors (Lipinski definition) is 2. The smallest absolute Gasteiger partial charge is 0.162 e. The summed E-state index contributed by atoms with van der Waals surface area (Å²) in [7, 11) is 1.93. The molecule has 2 rings (SSSR count). The van der Waals surface area contributed by atoms with E-state index in [-0.39, 0.29) is 5.75 Å². The third kappa shape index (κ3) is 3.11. The number of hydrogen-bond acceptors (Lipinski definition) is 4. The summed E-state index contributed by atoms with van der Waals surface area (Å²) in [5, 5.41) is 17.6. The van der Waals surface area contributed by atoms with E-state index in [0.717, 1.165) is 23.4 Å². The van der Waals surface area contributed by atoms with Crippen LogP contribution in [0.15, 0.2) is 24.4 Å². The van der Waals surface area contributed by atoms with Crippen molar-refractivity contribution in [3.05, 3.63) is 41.2 Å². The highest BCUT2D eigenvalue weighted by atomic mass is 16.5. The summed E-state index contributed by atoms with van der Waals surface area (Å²) >= 11 is 0. The fraction of sp³-hybridized carbons (Fsp3) is 0.400. The van der Waals surface area contributed by atoms with Crippen LogP contribution in [0.25, 0.3) is 0 Å². The molecular weight excluding hydrogens is 254 g/mol. The van der Waals surface area contributed by atoms with E-state index in [4.69, 9.17) is 4.74 Å². The maximum Gasteiger partial charge on any atom is 0.162 e. The molecule has 20 heavy (non-hydrogen) atoms. The van der Waals surface area contributed by atoms with E-state index >= 15 is 0 Å². The van der Waals surface area contributed by atoms with Gasteiger partial charge in [-0.15, -0.1) is 0 Å². The lowest BCUT2D eigenvalue weighted by Crippen LogP contribution is -2.13. The Hall–Kier alpha value is -2.01. The summed E-state index contributed by atoms with van der Waals surface area (Å²) in [4.78, 5) is 0. The molecule has 1 aromatic heterocycles. The van der Waals surface area contributed by atoms with Crippen molar-refractivity contribution < 1.29 is 9.84 Å². The van der Waals surface area contributed by atoms with Gasteiger partial charge in [-0.25, -0.2) is 0 Å². The second kappa shape index (κ2) is 6.43. The van der Waals surface area contributed by atoms with Gasteiger partial charge in [-0.1, -0.05) is 12.1 Å². The zero-order valence-corrected chi connectivity index (χ0v) is 12.2. The molecule has 0 spiro atoms. The molecule has 0 amide bonds. The van der Waals surface area contributed by atoms with Gasteiger partial charge < -0.3 is 15.2 Å². The number of para-hydroxylation sites is 1. The Balaban J connectivity index is 1.97. The molecule has 108 valence electrons. The van der Waals surface area contributed by atoms with E-state index in [1.807, 2.05) is 43.9 Å². The number of phenolic OH excluding ortho intramolecular Hbond substituents is 1. The van der Waals surface area contributed by atoms with Gasteiger partial charge in [-0.3, -0.25) is 4.68 Å². The standard InChI is InChI=1S/C15H21N3O2/c1-4-20-14-7-5-6-12(15(14)19)8-16-9-13-10-17-18(3)11(13)2/h5-7,10,16,19H,4,8-9H2,1-3H3. The minimum atomic E-state index is 0.213. The molecule has 5 heteroatoms. The van der Waals surface area contributed by atoms with Crippen LogP contribution < -0.4 is 10.1 Å². The van der Waals surface area contributed by atoms with Crippen molar-refractivity contribution in [1.82, 2.24) is 15.1 Å². The van der Waals surface area contributed by atoms with Crippen molar-refractivity contribution in [2.24, 2.45) is 7.05 Å². The molecule has 0 fully saturated rings. The molecule has 0 aliphatic rings. The highest BCUT2D eigenvalue weighted by Gasteiger charge is 2.08. The van der Waals surface area contributed by atoms with E-state index in [0.29, 0.717) is 18.9 Å². The van der Waals surface area contributed by atoms with Gasteiger partial charge >= 0.3 is 0 Å². The average Bonchev–Trinajstić information content (AvgIpc) is 2.75. The van der Waals surface area contributed by atoms with Crippen LogP contribution in [0, 0.1) is 6.92 Å². The highest BCUT2D eigenvalue weighted by molar-refractivity contribution is 5.45. The van der Waals surface area contributed by atoms with Gasteiger partial charge in [0.25, 0.3) is 0 Å². The van der Waals surface area contributed by atoms with E-state index in [1.165, 1.54) is 0 Å². The summed E-state index contributed by atoms with van der Waals surface area (Å²) in [6.07, 6.45) is 1.86. The monoisotopic (exact) mass is 275 g/mol. The molecule has 0 aliphatic carbocycles. The van der Waals surface area contributed by atoms with Gasteiger partial charge in [0, 0.05) is 37.0 Å². The normalized spacial score (nSPS) is 10.8.